The number of carboxylic acid groups (broad SMARTS) is 1. The van der Waals surface area contributed by atoms with Crippen molar-refractivity contribution >= 4 is 32.7 Å². The van der Waals surface area contributed by atoms with Crippen molar-refractivity contribution < 1.29 is 27.4 Å². The van der Waals surface area contributed by atoms with Crippen LogP contribution >= 0.6 is 0 Å². The van der Waals surface area contributed by atoms with E-state index in [2.05, 4.69) is 0 Å². The summed E-state index contributed by atoms with van der Waals surface area (Å²) in [5.74, 6) is -0.714. The van der Waals surface area contributed by atoms with Crippen LogP contribution in [0.25, 0.3) is 10.9 Å². The molecule has 1 saturated heterocycles. The number of benzene rings is 2. The zero-order chi connectivity index (χ0) is 20.6. The number of hydrogen-bond acceptors (Lipinski definition) is 4. The van der Waals surface area contributed by atoms with Crippen LogP contribution < -0.4 is 4.90 Å². The molecule has 2 aromatic carbocycles. The molecule has 0 aliphatic carbocycles. The first-order valence-electron chi connectivity index (χ1n) is 9.11. The molecule has 1 N–H and O–H groups in total. The van der Waals surface area contributed by atoms with Gasteiger partial charge in [-0.1, -0.05) is 18.2 Å². The van der Waals surface area contributed by atoms with Gasteiger partial charge in [0.2, 0.25) is 0 Å². The fraction of sp³-hybridized carbons (Fsp3) is 0.250. The number of amides is 1. The Kier molecular flexibility index (Phi) is 5.01. The number of rotatable bonds is 4. The molecule has 1 amide bonds. The van der Waals surface area contributed by atoms with Crippen LogP contribution in [0.3, 0.4) is 0 Å². The van der Waals surface area contributed by atoms with Crippen LogP contribution in [0.2, 0.25) is 0 Å². The molecule has 152 valence electrons. The molecular formula is C20H19FN2O5S. The highest BCUT2D eigenvalue weighted by Gasteiger charge is 2.30. The lowest BCUT2D eigenvalue weighted by Crippen LogP contribution is -2.43. The first kappa shape index (κ1) is 19.4. The first-order chi connectivity index (χ1) is 13.9. The van der Waals surface area contributed by atoms with E-state index in [1.165, 1.54) is 24.4 Å². The Morgan fingerprint density at radius 2 is 1.83 bits per heavy atom. The Hall–Kier alpha value is -2.91. The van der Waals surface area contributed by atoms with E-state index in [1.807, 2.05) is 0 Å². The summed E-state index contributed by atoms with van der Waals surface area (Å²) in [4.78, 5) is 13.2. The van der Waals surface area contributed by atoms with Crippen molar-refractivity contribution in [3.8, 4) is 0 Å². The first-order valence-corrected chi connectivity index (χ1v) is 10.5. The van der Waals surface area contributed by atoms with Gasteiger partial charge in [-0.3, -0.25) is 4.90 Å². The van der Waals surface area contributed by atoms with Gasteiger partial charge in [0.1, 0.15) is 5.82 Å². The van der Waals surface area contributed by atoms with Crippen LogP contribution in [0.1, 0.15) is 12.8 Å². The minimum absolute atomic E-state index is 0.0582. The Morgan fingerprint density at radius 3 is 2.48 bits per heavy atom. The van der Waals surface area contributed by atoms with Crippen molar-refractivity contribution in [3.05, 3.63) is 60.5 Å². The molecule has 0 atom stereocenters. The van der Waals surface area contributed by atoms with Gasteiger partial charge in [0.15, 0.2) is 0 Å². The third kappa shape index (κ3) is 3.47. The molecular weight excluding hydrogens is 399 g/mol. The summed E-state index contributed by atoms with van der Waals surface area (Å²) in [6.45, 7) is 0.826. The number of fused-ring (bicyclic) bond motifs is 1. The molecule has 0 saturated carbocycles. The monoisotopic (exact) mass is 418 g/mol. The number of anilines is 1. The average molecular weight is 418 g/mol. The van der Waals surface area contributed by atoms with Gasteiger partial charge < -0.3 is 9.84 Å². The Morgan fingerprint density at radius 1 is 1.14 bits per heavy atom. The summed E-state index contributed by atoms with van der Waals surface area (Å²) >= 11 is 0. The number of ether oxygens (including phenoxy) is 1. The van der Waals surface area contributed by atoms with E-state index < -0.39 is 21.9 Å². The molecule has 29 heavy (non-hydrogen) atoms. The molecule has 3 aromatic rings. The second-order valence-electron chi connectivity index (χ2n) is 6.78. The van der Waals surface area contributed by atoms with Gasteiger partial charge in [0.25, 0.3) is 10.0 Å². The lowest BCUT2D eigenvalue weighted by atomic mass is 10.1. The van der Waals surface area contributed by atoms with E-state index in [4.69, 9.17) is 4.74 Å². The molecule has 0 unspecified atom stereocenters. The van der Waals surface area contributed by atoms with Crippen LogP contribution in [0, 0.1) is 5.82 Å². The van der Waals surface area contributed by atoms with Gasteiger partial charge in [0, 0.05) is 30.8 Å². The van der Waals surface area contributed by atoms with Gasteiger partial charge in [-0.05, 0) is 43.2 Å². The fourth-order valence-electron chi connectivity index (χ4n) is 3.68. The number of aromatic nitrogens is 1. The quantitative estimate of drug-likeness (QED) is 0.698. The van der Waals surface area contributed by atoms with Crippen LogP contribution in [-0.2, 0) is 14.8 Å². The molecule has 4 rings (SSSR count). The van der Waals surface area contributed by atoms with E-state index in [-0.39, 0.29) is 22.1 Å². The summed E-state index contributed by atoms with van der Waals surface area (Å²) in [6, 6.07) is 11.2. The van der Waals surface area contributed by atoms with E-state index in [0.717, 1.165) is 21.0 Å². The summed E-state index contributed by atoms with van der Waals surface area (Å²) < 4.78 is 46.8. The largest absolute Gasteiger partial charge is 0.465 e. The molecule has 0 bridgehead atoms. The van der Waals surface area contributed by atoms with E-state index >= 15 is 0 Å². The second-order valence-corrected chi connectivity index (χ2v) is 8.60. The second kappa shape index (κ2) is 7.49. The van der Waals surface area contributed by atoms with Gasteiger partial charge in [-0.25, -0.2) is 21.6 Å². The van der Waals surface area contributed by atoms with E-state index in [0.29, 0.717) is 31.4 Å². The van der Waals surface area contributed by atoms with E-state index in [1.54, 1.807) is 18.2 Å². The van der Waals surface area contributed by atoms with Crippen molar-refractivity contribution in [1.29, 1.82) is 0 Å². The molecule has 0 radical (unpaired) electrons. The van der Waals surface area contributed by atoms with Crippen molar-refractivity contribution in [2.75, 3.05) is 18.1 Å². The number of hydrogen-bond donors (Lipinski definition) is 1. The van der Waals surface area contributed by atoms with E-state index in [9.17, 15) is 22.7 Å². The van der Waals surface area contributed by atoms with Crippen molar-refractivity contribution in [1.82, 2.24) is 3.97 Å². The topological polar surface area (TPSA) is 88.8 Å². The van der Waals surface area contributed by atoms with Crippen LogP contribution in [-0.4, -0.2) is 42.8 Å². The zero-order valence-electron chi connectivity index (χ0n) is 15.4. The Bertz CT molecular complexity index is 1150. The van der Waals surface area contributed by atoms with Gasteiger partial charge in [-0.2, -0.15) is 0 Å². The summed E-state index contributed by atoms with van der Waals surface area (Å²) in [6.07, 6.45) is 1.06. The minimum Gasteiger partial charge on any atom is -0.465 e. The number of nitrogens with zero attached hydrogens (tertiary/aromatic N) is 2. The molecule has 1 aliphatic rings. The zero-order valence-corrected chi connectivity index (χ0v) is 16.2. The lowest BCUT2D eigenvalue weighted by Gasteiger charge is -2.32. The predicted molar refractivity (Wildman–Crippen MR) is 105 cm³/mol. The summed E-state index contributed by atoms with van der Waals surface area (Å²) in [5, 5.41) is 10.2. The van der Waals surface area contributed by atoms with Gasteiger partial charge in [-0.15, -0.1) is 0 Å². The highest BCUT2D eigenvalue weighted by Crippen LogP contribution is 2.34. The summed E-state index contributed by atoms with van der Waals surface area (Å²) in [7, 11) is -3.96. The van der Waals surface area contributed by atoms with Crippen LogP contribution in [0.4, 0.5) is 14.9 Å². The molecule has 2 heterocycles. The third-order valence-corrected chi connectivity index (χ3v) is 6.74. The molecule has 1 fully saturated rings. The number of halogens is 1. The SMILES string of the molecule is O=C(O)N(c1cc(F)cc2c1ccn2S(=O)(=O)c1ccccc1)C1CCOCC1. The average Bonchev–Trinajstić information content (AvgIpc) is 3.14. The summed E-state index contributed by atoms with van der Waals surface area (Å²) in [5.41, 5.74) is 0.212. The van der Waals surface area contributed by atoms with Crippen molar-refractivity contribution in [2.45, 2.75) is 23.8 Å². The molecule has 7 nitrogen and oxygen atoms in total. The standard InChI is InChI=1S/C20H19FN2O5S/c21-14-12-18-17(6-9-22(18)29(26,27)16-4-2-1-3-5-16)19(13-14)23(20(24)25)15-7-10-28-11-8-15/h1-6,9,12-13,15H,7-8,10-11H2,(H,24,25). The highest BCUT2D eigenvalue weighted by molar-refractivity contribution is 7.90. The third-order valence-electron chi connectivity index (χ3n) is 5.04. The lowest BCUT2D eigenvalue weighted by molar-refractivity contribution is 0.0838. The van der Waals surface area contributed by atoms with Gasteiger partial charge >= 0.3 is 6.09 Å². The smallest absolute Gasteiger partial charge is 0.412 e. The maximum absolute atomic E-state index is 14.5. The Balaban J connectivity index is 1.89. The Labute approximate surface area is 167 Å². The normalized spacial score (nSPS) is 15.5. The van der Waals surface area contributed by atoms with Crippen LogP contribution in [0.15, 0.2) is 59.6 Å². The fourth-order valence-corrected chi connectivity index (χ4v) is 5.04. The predicted octanol–water partition coefficient (Wildman–Crippen LogP) is 3.68. The molecule has 9 heteroatoms. The number of carbonyl (C=O) groups is 1. The molecule has 1 aliphatic heterocycles. The molecule has 1 aromatic heterocycles. The maximum Gasteiger partial charge on any atom is 0.412 e. The molecule has 0 spiro atoms. The van der Waals surface area contributed by atoms with Crippen molar-refractivity contribution in [3.63, 3.8) is 0 Å². The van der Waals surface area contributed by atoms with Crippen LogP contribution in [0.5, 0.6) is 0 Å². The van der Waals surface area contributed by atoms with Gasteiger partial charge in [0.05, 0.1) is 16.1 Å². The minimum atomic E-state index is -3.96. The highest BCUT2D eigenvalue weighted by atomic mass is 32.2. The van der Waals surface area contributed by atoms with Crippen molar-refractivity contribution in [2.24, 2.45) is 0 Å². The maximum atomic E-state index is 14.5.